The first-order chi connectivity index (χ1) is 15.5. The Kier molecular flexibility index (Phi) is 9.22. The second-order valence-corrected chi connectivity index (χ2v) is 8.80. The number of rotatable bonds is 9. The minimum atomic E-state index is -0.436. The van der Waals surface area contributed by atoms with E-state index in [1.807, 2.05) is 55.6 Å². The van der Waals surface area contributed by atoms with Crippen LogP contribution in [0.4, 0.5) is 5.69 Å². The van der Waals surface area contributed by atoms with Crippen LogP contribution >= 0.6 is 23.2 Å². The number of anilines is 1. The summed E-state index contributed by atoms with van der Waals surface area (Å²) in [4.78, 5) is 13.8. The maximum atomic E-state index is 13.8. The van der Waals surface area contributed by atoms with Gasteiger partial charge in [0.1, 0.15) is 0 Å². The summed E-state index contributed by atoms with van der Waals surface area (Å²) in [5.74, 6) is -0.124. The molecule has 2 unspecified atom stereocenters. The summed E-state index contributed by atoms with van der Waals surface area (Å²) in [5, 5.41) is 7.72. The molecule has 0 spiro atoms. The lowest BCUT2D eigenvalue weighted by Crippen LogP contribution is -2.44. The molecule has 0 saturated carbocycles. The molecule has 0 aliphatic carbocycles. The molecule has 32 heavy (non-hydrogen) atoms. The van der Waals surface area contributed by atoms with E-state index in [0.29, 0.717) is 29.8 Å². The van der Waals surface area contributed by atoms with Gasteiger partial charge in [0.15, 0.2) is 5.78 Å². The molecule has 3 rings (SSSR count). The molecule has 0 amide bonds. The second kappa shape index (κ2) is 12.1. The SMILES string of the molecule is C=C(/C=C\C=C/C)C(C(=O)C1=CC=CNC1)C(Nc1ccc(Cl)c(Cl)c1)C1CCOCC1. The molecule has 1 aromatic carbocycles. The van der Waals surface area contributed by atoms with Gasteiger partial charge < -0.3 is 15.4 Å². The number of ketones is 1. The number of nitrogens with one attached hydrogen (secondary N) is 2. The summed E-state index contributed by atoms with van der Waals surface area (Å²) in [6, 6.07) is 5.30. The van der Waals surface area contributed by atoms with E-state index >= 15 is 0 Å². The van der Waals surface area contributed by atoms with Crippen LogP contribution in [0.25, 0.3) is 0 Å². The lowest BCUT2D eigenvalue weighted by Gasteiger charge is -2.37. The third-order valence-corrected chi connectivity index (χ3v) is 6.54. The Balaban J connectivity index is 2.00. The van der Waals surface area contributed by atoms with E-state index < -0.39 is 5.92 Å². The zero-order valence-corrected chi connectivity index (χ0v) is 19.8. The molecule has 0 bridgehead atoms. The van der Waals surface area contributed by atoms with Crippen LogP contribution in [-0.4, -0.2) is 31.6 Å². The van der Waals surface area contributed by atoms with Crippen molar-refractivity contribution in [2.75, 3.05) is 25.1 Å². The average molecular weight is 473 g/mol. The van der Waals surface area contributed by atoms with Gasteiger partial charge in [-0.05, 0) is 61.7 Å². The average Bonchev–Trinajstić information content (AvgIpc) is 2.82. The Labute approximate surface area is 200 Å². The summed E-state index contributed by atoms with van der Waals surface area (Å²) in [7, 11) is 0. The van der Waals surface area contributed by atoms with Crippen molar-refractivity contribution in [1.29, 1.82) is 0 Å². The predicted octanol–water partition coefficient (Wildman–Crippen LogP) is 6.12. The zero-order chi connectivity index (χ0) is 22.9. The Morgan fingerprint density at radius 2 is 2.03 bits per heavy atom. The van der Waals surface area contributed by atoms with Gasteiger partial charge in [-0.3, -0.25) is 4.79 Å². The highest BCUT2D eigenvalue weighted by Crippen LogP contribution is 2.34. The summed E-state index contributed by atoms with van der Waals surface area (Å²) in [5.41, 5.74) is 2.34. The standard InChI is InChI=1S/C26H30Cl2N2O2/c1-3-4-5-7-18(2)24(26(31)20-8-6-13-29-17-20)25(19-11-14-32-15-12-19)30-21-9-10-22(27)23(28)16-21/h3-10,13,16,19,24-25,29-30H,2,11-12,14-15,17H2,1H3/b4-3-,7-5-. The van der Waals surface area contributed by atoms with Gasteiger partial charge in [-0.2, -0.15) is 0 Å². The van der Waals surface area contributed by atoms with Crippen molar-refractivity contribution < 1.29 is 9.53 Å². The van der Waals surface area contributed by atoms with Crippen LogP contribution in [0.1, 0.15) is 19.8 Å². The second-order valence-electron chi connectivity index (χ2n) is 7.98. The first-order valence-electron chi connectivity index (χ1n) is 10.9. The Hall–Kier alpha value is -2.27. The van der Waals surface area contributed by atoms with Gasteiger partial charge in [-0.1, -0.05) is 60.2 Å². The van der Waals surface area contributed by atoms with Crippen molar-refractivity contribution in [2.45, 2.75) is 25.8 Å². The summed E-state index contributed by atoms with van der Waals surface area (Å²) < 4.78 is 5.60. The summed E-state index contributed by atoms with van der Waals surface area (Å²) in [6.45, 7) is 8.13. The van der Waals surface area contributed by atoms with Gasteiger partial charge in [0.05, 0.1) is 16.0 Å². The van der Waals surface area contributed by atoms with E-state index in [1.165, 1.54) is 0 Å². The fourth-order valence-electron chi connectivity index (χ4n) is 4.11. The number of dihydropyridines is 1. The maximum absolute atomic E-state index is 13.8. The van der Waals surface area contributed by atoms with Crippen LogP contribution < -0.4 is 10.6 Å². The molecule has 2 aliphatic rings. The smallest absolute Gasteiger partial charge is 0.170 e. The summed E-state index contributed by atoms with van der Waals surface area (Å²) in [6.07, 6.45) is 15.1. The molecule has 1 fully saturated rings. The van der Waals surface area contributed by atoms with Crippen LogP contribution in [-0.2, 0) is 9.53 Å². The van der Waals surface area contributed by atoms with Crippen molar-refractivity contribution in [3.05, 3.63) is 88.6 Å². The highest BCUT2D eigenvalue weighted by Gasteiger charge is 2.37. The molecule has 2 aliphatic heterocycles. The quantitative estimate of drug-likeness (QED) is 0.425. The third kappa shape index (κ3) is 6.38. The van der Waals surface area contributed by atoms with Crippen LogP contribution in [0.2, 0.25) is 10.0 Å². The van der Waals surface area contributed by atoms with Gasteiger partial charge in [0.25, 0.3) is 0 Å². The molecule has 4 nitrogen and oxygen atoms in total. The van der Waals surface area contributed by atoms with Gasteiger partial charge >= 0.3 is 0 Å². The number of hydrogen-bond acceptors (Lipinski definition) is 4. The first-order valence-corrected chi connectivity index (χ1v) is 11.7. The molecule has 2 atom stereocenters. The van der Waals surface area contributed by atoms with Gasteiger partial charge in [0, 0.05) is 37.1 Å². The number of allylic oxidation sites excluding steroid dienone is 6. The van der Waals surface area contributed by atoms with E-state index in [1.54, 1.807) is 12.1 Å². The molecule has 2 heterocycles. The van der Waals surface area contributed by atoms with Crippen molar-refractivity contribution >= 4 is 34.7 Å². The number of Topliss-reactive ketones (excluding diaryl/α,β-unsaturated/α-hetero) is 1. The van der Waals surface area contributed by atoms with E-state index in [9.17, 15) is 4.79 Å². The number of carbonyl (C=O) groups is 1. The fourth-order valence-corrected chi connectivity index (χ4v) is 4.41. The zero-order valence-electron chi connectivity index (χ0n) is 18.3. The maximum Gasteiger partial charge on any atom is 0.170 e. The van der Waals surface area contributed by atoms with Crippen molar-refractivity contribution in [1.82, 2.24) is 5.32 Å². The Morgan fingerprint density at radius 1 is 1.25 bits per heavy atom. The minimum Gasteiger partial charge on any atom is -0.387 e. The molecule has 1 saturated heterocycles. The van der Waals surface area contributed by atoms with Crippen molar-refractivity contribution in [3.63, 3.8) is 0 Å². The molecular formula is C26H30Cl2N2O2. The highest BCUT2D eigenvalue weighted by atomic mass is 35.5. The topological polar surface area (TPSA) is 50.4 Å². The Morgan fingerprint density at radius 3 is 2.69 bits per heavy atom. The van der Waals surface area contributed by atoms with E-state index in [2.05, 4.69) is 17.2 Å². The predicted molar refractivity (Wildman–Crippen MR) is 134 cm³/mol. The van der Waals surface area contributed by atoms with Gasteiger partial charge in [-0.15, -0.1) is 0 Å². The van der Waals surface area contributed by atoms with Crippen molar-refractivity contribution in [2.24, 2.45) is 11.8 Å². The highest BCUT2D eigenvalue weighted by molar-refractivity contribution is 6.42. The number of benzene rings is 1. The molecule has 1 aromatic rings. The minimum absolute atomic E-state index is 0.0704. The number of halogens is 2. The molecular weight excluding hydrogens is 443 g/mol. The van der Waals surface area contributed by atoms with Crippen molar-refractivity contribution in [3.8, 4) is 0 Å². The van der Waals surface area contributed by atoms with Crippen LogP contribution in [0.15, 0.2) is 78.6 Å². The normalized spacial score (nSPS) is 18.9. The molecule has 170 valence electrons. The van der Waals surface area contributed by atoms with E-state index in [4.69, 9.17) is 27.9 Å². The van der Waals surface area contributed by atoms with Crippen LogP contribution in [0, 0.1) is 11.8 Å². The number of hydrogen-bond donors (Lipinski definition) is 2. The Bertz CT molecular complexity index is 943. The van der Waals surface area contributed by atoms with E-state index in [0.717, 1.165) is 29.7 Å². The van der Waals surface area contributed by atoms with E-state index in [-0.39, 0.29) is 17.7 Å². The van der Waals surface area contributed by atoms with Gasteiger partial charge in [-0.25, -0.2) is 0 Å². The van der Waals surface area contributed by atoms with Crippen LogP contribution in [0.3, 0.4) is 0 Å². The molecule has 0 radical (unpaired) electrons. The molecule has 2 N–H and O–H groups in total. The largest absolute Gasteiger partial charge is 0.387 e. The number of ether oxygens (including phenoxy) is 1. The monoisotopic (exact) mass is 472 g/mol. The van der Waals surface area contributed by atoms with Gasteiger partial charge in [0.2, 0.25) is 0 Å². The van der Waals surface area contributed by atoms with Crippen LogP contribution in [0.5, 0.6) is 0 Å². The lowest BCUT2D eigenvalue weighted by atomic mass is 9.76. The first kappa shape index (κ1) is 24.4. The molecule has 6 heteroatoms. The molecule has 0 aromatic heterocycles. The number of carbonyl (C=O) groups excluding carboxylic acids is 1. The third-order valence-electron chi connectivity index (χ3n) is 5.80. The summed E-state index contributed by atoms with van der Waals surface area (Å²) >= 11 is 12.4. The fraction of sp³-hybridized carbons (Fsp3) is 0.346. The lowest BCUT2D eigenvalue weighted by molar-refractivity contribution is -0.119.